The molecular weight excluding hydrogens is 300 g/mol. The first-order valence-corrected chi connectivity index (χ1v) is 7.68. The van der Waals surface area contributed by atoms with Gasteiger partial charge in [0.05, 0.1) is 16.1 Å². The van der Waals surface area contributed by atoms with Gasteiger partial charge in [-0.25, -0.2) is 4.98 Å². The number of non-ortho nitro benzene ring substituents is 1. The Morgan fingerprint density at radius 2 is 1.50 bits per heavy atom. The molecule has 0 saturated heterocycles. The molecule has 0 radical (unpaired) electrons. The molecule has 0 spiro atoms. The van der Waals surface area contributed by atoms with E-state index in [1.54, 1.807) is 12.1 Å². The largest absolute Gasteiger partial charge is 0.269 e. The molecule has 116 valence electrons. The molecule has 4 rings (SSSR count). The van der Waals surface area contributed by atoms with E-state index in [-0.39, 0.29) is 10.6 Å². The summed E-state index contributed by atoms with van der Waals surface area (Å²) in [6.45, 7) is 2.05. The summed E-state index contributed by atoms with van der Waals surface area (Å²) in [6.07, 6.45) is 0. The van der Waals surface area contributed by atoms with E-state index in [4.69, 9.17) is 4.98 Å². The quantitative estimate of drug-likeness (QED) is 0.288. The monoisotopic (exact) mass is 314 g/mol. The molecule has 1 heterocycles. The molecular formula is C20H14N2O2. The molecule has 0 aliphatic rings. The highest BCUT2D eigenvalue weighted by molar-refractivity contribution is 6.11. The van der Waals surface area contributed by atoms with Crippen molar-refractivity contribution in [2.24, 2.45) is 0 Å². The number of pyridine rings is 1. The topological polar surface area (TPSA) is 56.0 Å². The van der Waals surface area contributed by atoms with Crippen molar-refractivity contribution in [2.45, 2.75) is 6.92 Å². The van der Waals surface area contributed by atoms with Gasteiger partial charge in [0.25, 0.3) is 5.69 Å². The first-order chi connectivity index (χ1) is 11.6. The number of benzene rings is 3. The van der Waals surface area contributed by atoms with Gasteiger partial charge in [-0.15, -0.1) is 0 Å². The number of para-hydroxylation sites is 1. The maximum atomic E-state index is 10.9. The lowest BCUT2D eigenvalue weighted by molar-refractivity contribution is -0.384. The van der Waals surface area contributed by atoms with Gasteiger partial charge in [-0.3, -0.25) is 10.1 Å². The van der Waals surface area contributed by atoms with Crippen LogP contribution in [0.2, 0.25) is 0 Å². The van der Waals surface area contributed by atoms with Crippen LogP contribution in [0.1, 0.15) is 5.56 Å². The summed E-state index contributed by atoms with van der Waals surface area (Å²) in [4.78, 5) is 15.4. The average molecular weight is 314 g/mol. The van der Waals surface area contributed by atoms with E-state index in [0.29, 0.717) is 0 Å². The maximum absolute atomic E-state index is 10.9. The van der Waals surface area contributed by atoms with Gasteiger partial charge >= 0.3 is 0 Å². The smallest absolute Gasteiger partial charge is 0.258 e. The zero-order valence-corrected chi connectivity index (χ0v) is 13.1. The Morgan fingerprint density at radius 1 is 0.833 bits per heavy atom. The van der Waals surface area contributed by atoms with Crippen molar-refractivity contribution >= 4 is 27.4 Å². The molecule has 4 nitrogen and oxygen atoms in total. The summed E-state index contributed by atoms with van der Waals surface area (Å²) in [6, 6.07) is 20.9. The third kappa shape index (κ3) is 2.20. The Morgan fingerprint density at radius 3 is 2.21 bits per heavy atom. The maximum Gasteiger partial charge on any atom is 0.269 e. The van der Waals surface area contributed by atoms with Crippen molar-refractivity contribution < 1.29 is 4.92 Å². The summed E-state index contributed by atoms with van der Waals surface area (Å²) in [5.74, 6) is 0. The van der Waals surface area contributed by atoms with Gasteiger partial charge in [-0.1, -0.05) is 42.5 Å². The summed E-state index contributed by atoms with van der Waals surface area (Å²) < 4.78 is 0. The Hall–Kier alpha value is -3.27. The van der Waals surface area contributed by atoms with Gasteiger partial charge in [0.1, 0.15) is 0 Å². The van der Waals surface area contributed by atoms with Gasteiger partial charge < -0.3 is 0 Å². The molecule has 0 bridgehead atoms. The molecule has 4 heteroatoms. The molecule has 0 fully saturated rings. The first kappa shape index (κ1) is 14.3. The van der Waals surface area contributed by atoms with Crippen LogP contribution in [-0.4, -0.2) is 9.91 Å². The highest BCUT2D eigenvalue weighted by Crippen LogP contribution is 2.33. The number of fused-ring (bicyclic) bond motifs is 3. The number of nitro groups is 1. The predicted octanol–water partition coefficient (Wildman–Crippen LogP) is 5.27. The van der Waals surface area contributed by atoms with Crippen molar-refractivity contribution in [3.8, 4) is 11.3 Å². The van der Waals surface area contributed by atoms with Crippen LogP contribution in [0.3, 0.4) is 0 Å². The van der Waals surface area contributed by atoms with Crippen molar-refractivity contribution in [1.29, 1.82) is 0 Å². The van der Waals surface area contributed by atoms with E-state index in [0.717, 1.165) is 38.5 Å². The van der Waals surface area contributed by atoms with E-state index in [2.05, 4.69) is 12.1 Å². The van der Waals surface area contributed by atoms with Gasteiger partial charge in [0.2, 0.25) is 0 Å². The third-order valence-corrected chi connectivity index (χ3v) is 4.29. The Bertz CT molecular complexity index is 1090. The van der Waals surface area contributed by atoms with Crippen LogP contribution in [0, 0.1) is 17.0 Å². The minimum Gasteiger partial charge on any atom is -0.258 e. The average Bonchev–Trinajstić information content (AvgIpc) is 2.61. The number of aryl methyl sites for hydroxylation is 1. The minimum absolute atomic E-state index is 0.0834. The fourth-order valence-corrected chi connectivity index (χ4v) is 3.08. The molecule has 3 aromatic carbocycles. The summed E-state index contributed by atoms with van der Waals surface area (Å²) >= 11 is 0. The van der Waals surface area contributed by atoms with Crippen molar-refractivity contribution in [2.75, 3.05) is 0 Å². The molecule has 0 atom stereocenters. The highest BCUT2D eigenvalue weighted by atomic mass is 16.6. The summed E-state index contributed by atoms with van der Waals surface area (Å²) in [5, 5.41) is 14.2. The van der Waals surface area contributed by atoms with E-state index in [9.17, 15) is 10.1 Å². The van der Waals surface area contributed by atoms with Gasteiger partial charge in [0.15, 0.2) is 0 Å². The lowest BCUT2D eigenvalue weighted by Gasteiger charge is -2.11. The van der Waals surface area contributed by atoms with Crippen LogP contribution in [0.5, 0.6) is 0 Å². The van der Waals surface area contributed by atoms with Crippen LogP contribution in [-0.2, 0) is 0 Å². The second kappa shape index (κ2) is 5.42. The normalized spacial score (nSPS) is 11.0. The van der Waals surface area contributed by atoms with E-state index in [1.165, 1.54) is 12.1 Å². The standard InChI is InChI=1S/C20H14N2O2/c1-13-5-4-8-17-16-6-2-3-7-18(16)20(21-19(13)17)14-9-11-15(12-10-14)22(23)24/h2-12H,1H3. The molecule has 0 amide bonds. The number of hydrogen-bond acceptors (Lipinski definition) is 3. The van der Waals surface area contributed by atoms with Crippen molar-refractivity contribution in [3.63, 3.8) is 0 Å². The predicted molar refractivity (Wildman–Crippen MR) is 96.1 cm³/mol. The molecule has 0 aliphatic heterocycles. The molecule has 4 aromatic rings. The van der Waals surface area contributed by atoms with Gasteiger partial charge in [0, 0.05) is 28.5 Å². The number of rotatable bonds is 2. The van der Waals surface area contributed by atoms with Crippen LogP contribution in [0.15, 0.2) is 66.7 Å². The molecule has 0 N–H and O–H groups in total. The summed E-state index contributed by atoms with van der Waals surface area (Å²) in [7, 11) is 0. The third-order valence-electron chi connectivity index (χ3n) is 4.29. The number of nitro benzene ring substituents is 1. The SMILES string of the molecule is Cc1cccc2c1nc(-c1ccc([N+](=O)[O-])cc1)c1ccccc12. The molecule has 24 heavy (non-hydrogen) atoms. The minimum atomic E-state index is -0.389. The highest BCUT2D eigenvalue weighted by Gasteiger charge is 2.12. The van der Waals surface area contributed by atoms with E-state index < -0.39 is 0 Å². The van der Waals surface area contributed by atoms with Gasteiger partial charge in [-0.2, -0.15) is 0 Å². The number of nitrogens with zero attached hydrogens (tertiary/aromatic N) is 2. The van der Waals surface area contributed by atoms with Gasteiger partial charge in [-0.05, 0) is 30.0 Å². The first-order valence-electron chi connectivity index (χ1n) is 7.68. The van der Waals surface area contributed by atoms with Crippen LogP contribution < -0.4 is 0 Å². The lowest BCUT2D eigenvalue weighted by atomic mass is 9.98. The van der Waals surface area contributed by atoms with Crippen LogP contribution >= 0.6 is 0 Å². The number of hydrogen-bond donors (Lipinski definition) is 0. The Kier molecular flexibility index (Phi) is 3.24. The molecule has 0 unspecified atom stereocenters. The van der Waals surface area contributed by atoms with E-state index in [1.807, 2.05) is 37.3 Å². The molecule has 1 aromatic heterocycles. The second-order valence-corrected chi connectivity index (χ2v) is 5.78. The van der Waals surface area contributed by atoms with Crippen molar-refractivity contribution in [1.82, 2.24) is 4.98 Å². The van der Waals surface area contributed by atoms with Crippen molar-refractivity contribution in [3.05, 3.63) is 82.4 Å². The zero-order valence-electron chi connectivity index (χ0n) is 13.1. The fourth-order valence-electron chi connectivity index (χ4n) is 3.08. The molecule has 0 saturated carbocycles. The Balaban J connectivity index is 2.06. The second-order valence-electron chi connectivity index (χ2n) is 5.78. The fraction of sp³-hybridized carbons (Fsp3) is 0.0500. The number of aromatic nitrogens is 1. The molecule has 0 aliphatic carbocycles. The zero-order chi connectivity index (χ0) is 16.7. The Labute approximate surface area is 138 Å². The lowest BCUT2D eigenvalue weighted by Crippen LogP contribution is -1.92. The van der Waals surface area contributed by atoms with Crippen LogP contribution in [0.25, 0.3) is 32.9 Å². The summed E-state index contributed by atoms with van der Waals surface area (Å²) in [5.41, 5.74) is 3.88. The van der Waals surface area contributed by atoms with Crippen LogP contribution in [0.4, 0.5) is 5.69 Å². The van der Waals surface area contributed by atoms with E-state index >= 15 is 0 Å².